The van der Waals surface area contributed by atoms with Gasteiger partial charge in [-0.25, -0.2) is 0 Å². The fourth-order valence-corrected chi connectivity index (χ4v) is 10.5. The smallest absolute Gasteiger partial charge is 0.0625 e. The first kappa shape index (κ1) is 41.0. The molecule has 0 aliphatic carbocycles. The van der Waals surface area contributed by atoms with Crippen molar-refractivity contribution in [2.45, 2.75) is 0 Å². The molecule has 328 valence electrons. The second-order valence-corrected chi connectivity index (χ2v) is 18.1. The molecule has 0 radical (unpaired) electrons. The number of nitrogens with zero attached hydrogens (tertiary/aromatic N) is 2. The topological polar surface area (TPSA) is 8.17 Å². The lowest BCUT2D eigenvalue weighted by Crippen LogP contribution is -2.10. The standard InChI is InChI=1S/C68H46N2/c1-4-17-47(18-5-1)56-42-57(48-19-6-2-7-20-48)44-58(43-56)51-35-39-61(40-36-51)69(60-37-33-50(34-38-60)53-32-31-49-21-10-11-22-52(49)41-53)62-27-16-24-54(45-62)65-46-55-23-12-13-28-63(55)68-67(65)64-29-14-15-30-66(64)70(68)59-25-8-3-9-26-59/h1-46H. The third kappa shape index (κ3) is 7.40. The molecule has 2 nitrogen and oxygen atoms in total. The normalized spacial score (nSPS) is 11.4. The molecule has 0 aliphatic heterocycles. The van der Waals surface area contributed by atoms with Gasteiger partial charge in [0.1, 0.15) is 0 Å². The average molecular weight is 891 g/mol. The van der Waals surface area contributed by atoms with Gasteiger partial charge in [0.25, 0.3) is 0 Å². The molecule has 0 fully saturated rings. The van der Waals surface area contributed by atoms with Crippen LogP contribution in [-0.4, -0.2) is 4.57 Å². The Morgan fingerprint density at radius 1 is 0.257 bits per heavy atom. The molecule has 1 aromatic heterocycles. The van der Waals surface area contributed by atoms with Gasteiger partial charge in [-0.2, -0.15) is 0 Å². The molecule has 0 unspecified atom stereocenters. The number of hydrogen-bond acceptors (Lipinski definition) is 1. The van der Waals surface area contributed by atoms with E-state index in [4.69, 9.17) is 0 Å². The van der Waals surface area contributed by atoms with Crippen molar-refractivity contribution in [2.75, 3.05) is 4.90 Å². The Kier molecular flexibility index (Phi) is 10.2. The summed E-state index contributed by atoms with van der Waals surface area (Å²) < 4.78 is 2.45. The molecule has 0 aliphatic rings. The van der Waals surface area contributed by atoms with Crippen LogP contribution >= 0.6 is 0 Å². The number of rotatable bonds is 9. The van der Waals surface area contributed by atoms with Gasteiger partial charge < -0.3 is 9.47 Å². The number of fused-ring (bicyclic) bond motifs is 6. The van der Waals surface area contributed by atoms with Crippen molar-refractivity contribution in [3.05, 3.63) is 279 Å². The van der Waals surface area contributed by atoms with Crippen LogP contribution in [-0.2, 0) is 0 Å². The zero-order chi connectivity index (χ0) is 46.4. The predicted octanol–water partition coefficient (Wildman–Crippen LogP) is 18.9. The summed E-state index contributed by atoms with van der Waals surface area (Å²) in [6.07, 6.45) is 0. The summed E-state index contributed by atoms with van der Waals surface area (Å²) in [5.74, 6) is 0. The van der Waals surface area contributed by atoms with Crippen LogP contribution in [0.25, 0.3) is 105 Å². The molecule has 70 heavy (non-hydrogen) atoms. The summed E-state index contributed by atoms with van der Waals surface area (Å²) in [4.78, 5) is 2.40. The highest BCUT2D eigenvalue weighted by Crippen LogP contribution is 2.45. The van der Waals surface area contributed by atoms with Crippen molar-refractivity contribution in [2.24, 2.45) is 0 Å². The number of benzene rings is 12. The second-order valence-electron chi connectivity index (χ2n) is 18.1. The molecule has 0 spiro atoms. The molecule has 0 saturated carbocycles. The Balaban J connectivity index is 0.969. The van der Waals surface area contributed by atoms with Crippen LogP contribution in [0, 0.1) is 0 Å². The minimum Gasteiger partial charge on any atom is -0.310 e. The third-order valence-corrected chi connectivity index (χ3v) is 13.9. The number of para-hydroxylation sites is 2. The van der Waals surface area contributed by atoms with E-state index in [-0.39, 0.29) is 0 Å². The number of aromatic nitrogens is 1. The minimum atomic E-state index is 1.08. The van der Waals surface area contributed by atoms with Gasteiger partial charge in [0.05, 0.1) is 11.0 Å². The zero-order valence-electron chi connectivity index (χ0n) is 38.5. The Hall–Kier alpha value is -9.24. The van der Waals surface area contributed by atoms with Crippen LogP contribution in [0.1, 0.15) is 0 Å². The molecule has 12 aromatic carbocycles. The SMILES string of the molecule is c1ccc(-c2cc(-c3ccccc3)cc(-c3ccc(N(c4ccc(-c5ccc6ccccc6c5)cc4)c4cccc(-c5cc6ccccc6c6c5c5ccccc5n6-c5ccccc5)c4)cc3)c2)cc1. The van der Waals surface area contributed by atoms with Crippen molar-refractivity contribution < 1.29 is 0 Å². The van der Waals surface area contributed by atoms with Crippen LogP contribution in [0.3, 0.4) is 0 Å². The summed E-state index contributed by atoms with van der Waals surface area (Å²) in [7, 11) is 0. The van der Waals surface area contributed by atoms with Crippen LogP contribution in [0.4, 0.5) is 17.1 Å². The molecule has 0 bridgehead atoms. The van der Waals surface area contributed by atoms with E-state index in [2.05, 4.69) is 289 Å². The van der Waals surface area contributed by atoms with Crippen molar-refractivity contribution in [3.63, 3.8) is 0 Å². The van der Waals surface area contributed by atoms with Crippen molar-refractivity contribution in [1.82, 2.24) is 4.57 Å². The van der Waals surface area contributed by atoms with E-state index in [9.17, 15) is 0 Å². The lowest BCUT2D eigenvalue weighted by Gasteiger charge is -2.26. The quantitative estimate of drug-likeness (QED) is 0.140. The van der Waals surface area contributed by atoms with Crippen LogP contribution in [0.2, 0.25) is 0 Å². The van der Waals surface area contributed by atoms with E-state index in [1.165, 1.54) is 87.9 Å². The molecular formula is C68H46N2. The van der Waals surface area contributed by atoms with Gasteiger partial charge in [-0.05, 0) is 157 Å². The molecule has 13 aromatic rings. The molecule has 13 rings (SSSR count). The van der Waals surface area contributed by atoms with E-state index in [0.29, 0.717) is 0 Å². The molecular weight excluding hydrogens is 845 g/mol. The Morgan fingerprint density at radius 3 is 1.39 bits per heavy atom. The van der Waals surface area contributed by atoms with E-state index >= 15 is 0 Å². The number of hydrogen-bond donors (Lipinski definition) is 0. The highest BCUT2D eigenvalue weighted by atomic mass is 15.1. The van der Waals surface area contributed by atoms with E-state index < -0.39 is 0 Å². The lowest BCUT2D eigenvalue weighted by molar-refractivity contribution is 1.19. The summed E-state index contributed by atoms with van der Waals surface area (Å²) in [6.45, 7) is 0. The van der Waals surface area contributed by atoms with Gasteiger partial charge in [0.15, 0.2) is 0 Å². The molecule has 0 atom stereocenters. The Labute approximate surface area is 408 Å². The summed E-state index contributed by atoms with van der Waals surface area (Å²) in [5.41, 5.74) is 18.7. The fraction of sp³-hybridized carbons (Fsp3) is 0. The van der Waals surface area contributed by atoms with Gasteiger partial charge in [0, 0.05) is 38.9 Å². The summed E-state index contributed by atoms with van der Waals surface area (Å²) >= 11 is 0. The third-order valence-electron chi connectivity index (χ3n) is 13.9. The highest BCUT2D eigenvalue weighted by Gasteiger charge is 2.21. The van der Waals surface area contributed by atoms with E-state index in [1.54, 1.807) is 0 Å². The average Bonchev–Trinajstić information content (AvgIpc) is 3.79. The van der Waals surface area contributed by atoms with E-state index in [0.717, 1.165) is 33.9 Å². The molecule has 0 amide bonds. The second kappa shape index (κ2) is 17.4. The van der Waals surface area contributed by atoms with Crippen LogP contribution in [0.15, 0.2) is 279 Å². The van der Waals surface area contributed by atoms with Crippen molar-refractivity contribution in [1.29, 1.82) is 0 Å². The van der Waals surface area contributed by atoms with Gasteiger partial charge in [-0.1, -0.05) is 194 Å². The molecule has 1 heterocycles. The van der Waals surface area contributed by atoms with E-state index in [1.807, 2.05) is 0 Å². The van der Waals surface area contributed by atoms with Crippen LogP contribution < -0.4 is 4.90 Å². The molecule has 0 saturated heterocycles. The van der Waals surface area contributed by atoms with Crippen LogP contribution in [0.5, 0.6) is 0 Å². The first-order valence-corrected chi connectivity index (χ1v) is 24.1. The van der Waals surface area contributed by atoms with Gasteiger partial charge in [-0.15, -0.1) is 0 Å². The van der Waals surface area contributed by atoms with Gasteiger partial charge >= 0.3 is 0 Å². The first-order chi connectivity index (χ1) is 34.7. The van der Waals surface area contributed by atoms with Crippen molar-refractivity contribution in [3.8, 4) is 61.3 Å². The zero-order valence-corrected chi connectivity index (χ0v) is 38.5. The van der Waals surface area contributed by atoms with Gasteiger partial charge in [0.2, 0.25) is 0 Å². The number of anilines is 3. The predicted molar refractivity (Wildman–Crippen MR) is 298 cm³/mol. The Bertz CT molecular complexity index is 3960. The molecule has 0 N–H and O–H groups in total. The summed E-state index contributed by atoms with van der Waals surface area (Å²) in [5, 5.41) is 7.40. The maximum atomic E-state index is 2.45. The maximum Gasteiger partial charge on any atom is 0.0625 e. The first-order valence-electron chi connectivity index (χ1n) is 24.1. The largest absolute Gasteiger partial charge is 0.310 e. The molecule has 2 heteroatoms. The maximum absolute atomic E-state index is 2.45. The highest BCUT2D eigenvalue weighted by molar-refractivity contribution is 6.24. The van der Waals surface area contributed by atoms with Crippen molar-refractivity contribution >= 4 is 60.4 Å². The van der Waals surface area contributed by atoms with Gasteiger partial charge in [-0.3, -0.25) is 0 Å². The Morgan fingerprint density at radius 2 is 0.743 bits per heavy atom. The lowest BCUT2D eigenvalue weighted by atomic mass is 9.93. The monoisotopic (exact) mass is 890 g/mol. The fourth-order valence-electron chi connectivity index (χ4n) is 10.5. The summed E-state index contributed by atoms with van der Waals surface area (Å²) in [6, 6.07) is 102. The minimum absolute atomic E-state index is 1.08.